The average molecular weight is 232 g/mol. The minimum atomic E-state index is -0.248. The zero-order valence-electron chi connectivity index (χ0n) is 10.9. The Morgan fingerprint density at radius 2 is 1.82 bits per heavy atom. The third kappa shape index (κ3) is 4.85. The van der Waals surface area contributed by atoms with Crippen LogP contribution in [0.5, 0.6) is 0 Å². The molecule has 0 aliphatic heterocycles. The Bertz CT molecular complexity index is 385. The van der Waals surface area contributed by atoms with E-state index in [9.17, 15) is 4.79 Å². The molecule has 17 heavy (non-hydrogen) atoms. The average Bonchev–Trinajstić information content (AvgIpc) is 2.23. The van der Waals surface area contributed by atoms with Gasteiger partial charge in [-0.25, -0.2) is 0 Å². The van der Waals surface area contributed by atoms with E-state index in [1.54, 1.807) is 0 Å². The Hall–Kier alpha value is -1.57. The van der Waals surface area contributed by atoms with Gasteiger partial charge in [-0.15, -0.1) is 0 Å². The lowest BCUT2D eigenvalue weighted by atomic mass is 9.88. The molecule has 0 fully saturated rings. The molecule has 1 aromatic rings. The van der Waals surface area contributed by atoms with E-state index in [2.05, 4.69) is 20.8 Å². The third-order valence-electron chi connectivity index (χ3n) is 2.41. The van der Waals surface area contributed by atoms with Gasteiger partial charge in [0.2, 0.25) is 0 Å². The summed E-state index contributed by atoms with van der Waals surface area (Å²) in [7, 11) is 0. The summed E-state index contributed by atoms with van der Waals surface area (Å²) in [4.78, 5) is 11.1. The Morgan fingerprint density at radius 3 is 2.29 bits per heavy atom. The first-order valence-corrected chi connectivity index (χ1v) is 5.80. The predicted octanol–water partition coefficient (Wildman–Crippen LogP) is 3.68. The first-order chi connectivity index (χ1) is 7.89. The number of carbonyl (C=O) groups is 1. The molecular weight excluding hydrogens is 212 g/mol. The lowest BCUT2D eigenvalue weighted by molar-refractivity contribution is -0.148. The molecule has 0 saturated carbocycles. The Kier molecular flexibility index (Phi) is 4.50. The topological polar surface area (TPSA) is 26.3 Å². The second kappa shape index (κ2) is 5.67. The minimum Gasteiger partial charge on any atom is -0.458 e. The summed E-state index contributed by atoms with van der Waals surface area (Å²) in [5, 5.41) is 0. The first kappa shape index (κ1) is 13.5. The summed E-state index contributed by atoms with van der Waals surface area (Å²) < 4.78 is 5.31. The zero-order chi connectivity index (χ0) is 12.9. The van der Waals surface area contributed by atoms with Gasteiger partial charge in [-0.2, -0.15) is 0 Å². The Labute approximate surface area is 103 Å². The lowest BCUT2D eigenvalue weighted by Crippen LogP contribution is -2.28. The number of hydrogen-bond acceptors (Lipinski definition) is 2. The normalized spacial score (nSPS) is 13.6. The van der Waals surface area contributed by atoms with Crippen molar-refractivity contribution in [3.8, 4) is 0 Å². The van der Waals surface area contributed by atoms with Gasteiger partial charge in [-0.3, -0.25) is 4.79 Å². The summed E-state index contributed by atoms with van der Waals surface area (Å²) in [6.45, 7) is 7.59. The molecule has 0 bridgehead atoms. The van der Waals surface area contributed by atoms with Crippen molar-refractivity contribution in [3.05, 3.63) is 42.0 Å². The molecule has 0 radical (unpaired) electrons. The molecule has 0 aliphatic carbocycles. The van der Waals surface area contributed by atoms with Crippen molar-refractivity contribution in [3.63, 3.8) is 0 Å². The van der Waals surface area contributed by atoms with Crippen LogP contribution in [-0.2, 0) is 9.53 Å². The van der Waals surface area contributed by atoms with Crippen LogP contribution >= 0.6 is 0 Å². The highest BCUT2D eigenvalue weighted by Crippen LogP contribution is 2.24. The van der Waals surface area contributed by atoms with E-state index in [0.717, 1.165) is 5.56 Å². The van der Waals surface area contributed by atoms with Crippen molar-refractivity contribution >= 4 is 12.0 Å². The van der Waals surface area contributed by atoms with Crippen molar-refractivity contribution in [1.29, 1.82) is 0 Å². The van der Waals surface area contributed by atoms with Gasteiger partial charge in [0.1, 0.15) is 6.10 Å². The van der Waals surface area contributed by atoms with Gasteiger partial charge in [-0.1, -0.05) is 57.2 Å². The van der Waals surface area contributed by atoms with E-state index in [1.165, 1.54) is 6.92 Å². The van der Waals surface area contributed by atoms with Crippen molar-refractivity contribution in [2.75, 3.05) is 0 Å². The van der Waals surface area contributed by atoms with Gasteiger partial charge in [-0.05, 0) is 11.6 Å². The molecule has 2 heteroatoms. The second-order valence-electron chi connectivity index (χ2n) is 5.17. The molecule has 1 atom stereocenters. The quantitative estimate of drug-likeness (QED) is 0.743. The molecule has 2 nitrogen and oxygen atoms in total. The maximum atomic E-state index is 11.1. The molecule has 0 heterocycles. The van der Waals surface area contributed by atoms with Gasteiger partial charge in [0.25, 0.3) is 0 Å². The largest absolute Gasteiger partial charge is 0.458 e. The molecule has 1 unspecified atom stereocenters. The van der Waals surface area contributed by atoms with Crippen LogP contribution in [-0.4, -0.2) is 12.1 Å². The monoisotopic (exact) mass is 232 g/mol. The van der Waals surface area contributed by atoms with Crippen LogP contribution in [0.3, 0.4) is 0 Å². The van der Waals surface area contributed by atoms with Crippen LogP contribution in [0.2, 0.25) is 0 Å². The number of hydrogen-bond donors (Lipinski definition) is 0. The van der Waals surface area contributed by atoms with Crippen molar-refractivity contribution in [2.45, 2.75) is 33.8 Å². The van der Waals surface area contributed by atoms with E-state index >= 15 is 0 Å². The molecular formula is C15H20O2. The predicted molar refractivity (Wildman–Crippen MR) is 70.5 cm³/mol. The number of benzene rings is 1. The van der Waals surface area contributed by atoms with Crippen molar-refractivity contribution in [1.82, 2.24) is 0 Å². The zero-order valence-corrected chi connectivity index (χ0v) is 10.9. The lowest BCUT2D eigenvalue weighted by Gasteiger charge is -2.27. The SMILES string of the molecule is CC(=O)OC(/C=C/c1ccccc1)C(C)(C)C. The van der Waals surface area contributed by atoms with Crippen molar-refractivity contribution < 1.29 is 9.53 Å². The highest BCUT2D eigenvalue weighted by atomic mass is 16.5. The first-order valence-electron chi connectivity index (χ1n) is 5.80. The highest BCUT2D eigenvalue weighted by molar-refractivity contribution is 5.66. The molecule has 92 valence electrons. The fourth-order valence-electron chi connectivity index (χ4n) is 1.45. The number of rotatable bonds is 3. The number of esters is 1. The number of carbonyl (C=O) groups excluding carboxylic acids is 1. The number of ether oxygens (including phenoxy) is 1. The fourth-order valence-corrected chi connectivity index (χ4v) is 1.45. The summed E-state index contributed by atoms with van der Waals surface area (Å²) >= 11 is 0. The van der Waals surface area contributed by atoms with E-state index in [0.29, 0.717) is 0 Å². The highest BCUT2D eigenvalue weighted by Gasteiger charge is 2.24. The summed E-state index contributed by atoms with van der Waals surface area (Å²) in [6.07, 6.45) is 3.72. The summed E-state index contributed by atoms with van der Waals surface area (Å²) in [6, 6.07) is 9.98. The Balaban J connectivity index is 2.80. The van der Waals surface area contributed by atoms with E-state index in [1.807, 2.05) is 42.5 Å². The molecule has 1 aromatic carbocycles. The second-order valence-corrected chi connectivity index (χ2v) is 5.17. The maximum Gasteiger partial charge on any atom is 0.303 e. The van der Waals surface area contributed by atoms with Crippen molar-refractivity contribution in [2.24, 2.45) is 5.41 Å². The van der Waals surface area contributed by atoms with Gasteiger partial charge in [0, 0.05) is 12.3 Å². The van der Waals surface area contributed by atoms with Crippen LogP contribution in [0.1, 0.15) is 33.3 Å². The van der Waals surface area contributed by atoms with Crippen LogP contribution in [0.4, 0.5) is 0 Å². The van der Waals surface area contributed by atoms with E-state index in [4.69, 9.17) is 4.74 Å². The van der Waals surface area contributed by atoms with E-state index in [-0.39, 0.29) is 17.5 Å². The van der Waals surface area contributed by atoms with E-state index < -0.39 is 0 Å². The standard InChI is InChI=1S/C15H20O2/c1-12(16)17-14(15(2,3)4)11-10-13-8-6-5-7-9-13/h5-11,14H,1-4H3/b11-10+. The summed E-state index contributed by atoms with van der Waals surface area (Å²) in [5.74, 6) is -0.248. The van der Waals surface area contributed by atoms with Gasteiger partial charge in [0.15, 0.2) is 0 Å². The summed E-state index contributed by atoms with van der Waals surface area (Å²) in [5.41, 5.74) is 1.01. The smallest absolute Gasteiger partial charge is 0.303 e. The molecule has 0 N–H and O–H groups in total. The molecule has 0 aliphatic rings. The Morgan fingerprint density at radius 1 is 1.24 bits per heavy atom. The van der Waals surface area contributed by atoms with Gasteiger partial charge < -0.3 is 4.74 Å². The maximum absolute atomic E-state index is 11.1. The van der Waals surface area contributed by atoms with Crippen LogP contribution in [0.15, 0.2) is 36.4 Å². The fraction of sp³-hybridized carbons (Fsp3) is 0.400. The molecule has 1 rings (SSSR count). The van der Waals surface area contributed by atoms with Crippen LogP contribution in [0, 0.1) is 5.41 Å². The molecule has 0 aromatic heterocycles. The third-order valence-corrected chi connectivity index (χ3v) is 2.41. The van der Waals surface area contributed by atoms with Gasteiger partial charge in [0.05, 0.1) is 0 Å². The van der Waals surface area contributed by atoms with Crippen LogP contribution < -0.4 is 0 Å². The minimum absolute atomic E-state index is 0.100. The van der Waals surface area contributed by atoms with Gasteiger partial charge >= 0.3 is 5.97 Å². The molecule has 0 spiro atoms. The molecule has 0 amide bonds. The molecule has 0 saturated heterocycles. The van der Waals surface area contributed by atoms with Crippen LogP contribution in [0.25, 0.3) is 6.08 Å².